The van der Waals surface area contributed by atoms with Gasteiger partial charge in [0.1, 0.15) is 0 Å². The molecule has 0 radical (unpaired) electrons. The van der Waals surface area contributed by atoms with Crippen LogP contribution in [0.2, 0.25) is 0 Å². The Morgan fingerprint density at radius 1 is 0.938 bits per heavy atom. The van der Waals surface area contributed by atoms with E-state index in [1.165, 1.54) is 0 Å². The van der Waals surface area contributed by atoms with E-state index in [1.807, 2.05) is 0 Å². The maximum Gasteiger partial charge on any atom is 0.317 e. The van der Waals surface area contributed by atoms with Crippen molar-refractivity contribution < 1.29 is 57.8 Å². The zero-order chi connectivity index (χ0) is 9.56. The van der Waals surface area contributed by atoms with E-state index in [2.05, 4.69) is 0 Å². The van der Waals surface area contributed by atoms with Gasteiger partial charge in [0.05, 0.1) is 19.7 Å². The normalized spacial score (nSPS) is 7.62. The van der Waals surface area contributed by atoms with E-state index in [0.717, 1.165) is 4.90 Å². The van der Waals surface area contributed by atoms with Crippen LogP contribution in [0.25, 0.3) is 0 Å². The predicted octanol–water partition coefficient (Wildman–Crippen LogP) is -4.03. The Morgan fingerprint density at radius 3 is 1.44 bits per heavy atom. The second kappa shape index (κ2) is 16.7. The molecule has 9 N–H and O–H groups in total. The molecule has 0 saturated heterocycles. The van der Waals surface area contributed by atoms with Crippen LogP contribution in [0.3, 0.4) is 0 Å². The summed E-state index contributed by atoms with van der Waals surface area (Å²) in [5.41, 5.74) is 0. The van der Waals surface area contributed by atoms with Gasteiger partial charge in [-0.1, -0.05) is 0 Å². The number of hydrogen-bond donors (Lipinski definition) is 3. The number of aliphatic hydroxyl groups is 1. The molecule has 0 aromatic carbocycles. The van der Waals surface area contributed by atoms with Crippen molar-refractivity contribution in [3.63, 3.8) is 0 Å². The van der Waals surface area contributed by atoms with Crippen LogP contribution >= 0.6 is 0 Å². The molecule has 0 atom stereocenters. The summed E-state index contributed by atoms with van der Waals surface area (Å²) in [6, 6.07) is 0. The molecule has 0 bridgehead atoms. The topological polar surface area (TPSA) is 193 Å². The van der Waals surface area contributed by atoms with Crippen LogP contribution in [0.5, 0.6) is 0 Å². The first-order chi connectivity index (χ1) is 5.56. The maximum absolute atomic E-state index is 10.1. The number of rotatable bonds is 6. The van der Waals surface area contributed by atoms with Crippen molar-refractivity contribution in [3.8, 4) is 0 Å². The molecule has 0 aromatic rings. The van der Waals surface area contributed by atoms with Crippen LogP contribution in [-0.2, 0) is 26.1 Å². The third kappa shape index (κ3) is 18.9. The minimum atomic E-state index is -1.11. The van der Waals surface area contributed by atoms with Gasteiger partial charge in [0, 0.05) is 23.0 Å². The van der Waals surface area contributed by atoms with E-state index in [0.29, 0.717) is 0 Å². The Kier molecular flexibility index (Phi) is 30.7. The molecule has 0 spiro atoms. The molecule has 0 aliphatic rings. The average molecular weight is 290 g/mol. The smallest absolute Gasteiger partial charge is 0.317 e. The minimum absolute atomic E-state index is 0. The van der Waals surface area contributed by atoms with Gasteiger partial charge in [-0.3, -0.25) is 14.5 Å². The summed E-state index contributed by atoms with van der Waals surface area (Å²) < 4.78 is 0. The van der Waals surface area contributed by atoms with E-state index >= 15 is 0 Å². The Bertz CT molecular complexity index is 162. The minimum Gasteiger partial charge on any atom is -0.480 e. The Balaban J connectivity index is -0.000000101. The molecule has 0 saturated carbocycles. The van der Waals surface area contributed by atoms with E-state index < -0.39 is 11.9 Å². The fourth-order valence-corrected chi connectivity index (χ4v) is 0.738. The molecule has 0 aliphatic heterocycles. The van der Waals surface area contributed by atoms with Gasteiger partial charge in [0.25, 0.3) is 0 Å². The van der Waals surface area contributed by atoms with Gasteiger partial charge in [0.2, 0.25) is 0 Å². The van der Waals surface area contributed by atoms with Crippen molar-refractivity contribution in [1.82, 2.24) is 4.90 Å². The van der Waals surface area contributed by atoms with Gasteiger partial charge < -0.3 is 31.7 Å². The molecule has 0 unspecified atom stereocenters. The van der Waals surface area contributed by atoms with Crippen LogP contribution in [0.1, 0.15) is 0 Å². The molecule has 0 aliphatic carbocycles. The van der Waals surface area contributed by atoms with E-state index in [4.69, 9.17) is 15.3 Å². The van der Waals surface area contributed by atoms with Gasteiger partial charge in [-0.05, 0) is 0 Å². The average Bonchev–Trinajstić information content (AvgIpc) is 1.84. The van der Waals surface area contributed by atoms with Crippen LogP contribution in [0, 0.1) is 0 Å². The number of nitrogens with zero attached hydrogens (tertiary/aromatic N) is 1. The largest absolute Gasteiger partial charge is 0.480 e. The molecule has 104 valence electrons. The molecule has 0 fully saturated rings. The molecular formula is C6H17NNiO8. The number of aliphatic hydroxyl groups excluding tert-OH is 1. The first-order valence-electron chi connectivity index (χ1n) is 3.33. The standard InChI is InChI=1S/C6H11NO5.Ni.3H2O/c8-2-1-7(3-5(9)10)4-6(11)12;;;;/h8H,1-4H2,(H,9,10)(H,11,12);;3*1H2. The maximum atomic E-state index is 10.1. The molecule has 0 aromatic heterocycles. The quantitative estimate of drug-likeness (QED) is 0.416. The van der Waals surface area contributed by atoms with Gasteiger partial charge in [0.15, 0.2) is 0 Å². The summed E-state index contributed by atoms with van der Waals surface area (Å²) in [6.07, 6.45) is 0. The molecule has 16 heavy (non-hydrogen) atoms. The summed E-state index contributed by atoms with van der Waals surface area (Å²) in [6.45, 7) is -0.932. The summed E-state index contributed by atoms with van der Waals surface area (Å²) in [5, 5.41) is 25.0. The van der Waals surface area contributed by atoms with Crippen molar-refractivity contribution in [3.05, 3.63) is 0 Å². The van der Waals surface area contributed by atoms with E-state index in [1.54, 1.807) is 0 Å². The zero-order valence-corrected chi connectivity index (χ0v) is 9.24. The third-order valence-corrected chi connectivity index (χ3v) is 1.13. The molecule has 0 rings (SSSR count). The fraction of sp³-hybridized carbons (Fsp3) is 0.667. The van der Waals surface area contributed by atoms with Crippen molar-refractivity contribution >= 4 is 11.9 Å². The zero-order valence-electron chi connectivity index (χ0n) is 8.25. The van der Waals surface area contributed by atoms with Crippen molar-refractivity contribution in [1.29, 1.82) is 0 Å². The number of hydrogen-bond acceptors (Lipinski definition) is 4. The van der Waals surface area contributed by atoms with Crippen LogP contribution in [0.4, 0.5) is 0 Å². The number of aliphatic carboxylic acids is 2. The molecular weight excluding hydrogens is 273 g/mol. The second-order valence-electron chi connectivity index (χ2n) is 2.22. The van der Waals surface area contributed by atoms with Gasteiger partial charge >= 0.3 is 11.9 Å². The predicted molar refractivity (Wildman–Crippen MR) is 49.6 cm³/mol. The molecule has 0 amide bonds. The fourth-order valence-electron chi connectivity index (χ4n) is 0.738. The van der Waals surface area contributed by atoms with Gasteiger partial charge in [-0.15, -0.1) is 0 Å². The summed E-state index contributed by atoms with van der Waals surface area (Å²) in [5.74, 6) is -2.21. The second-order valence-corrected chi connectivity index (χ2v) is 2.22. The summed E-state index contributed by atoms with van der Waals surface area (Å²) in [7, 11) is 0. The van der Waals surface area contributed by atoms with Crippen LogP contribution in [-0.4, -0.2) is 74.8 Å². The number of carboxylic acids is 2. The number of carboxylic acid groups (broad SMARTS) is 2. The van der Waals surface area contributed by atoms with Gasteiger partial charge in [-0.25, -0.2) is 0 Å². The van der Waals surface area contributed by atoms with Crippen LogP contribution < -0.4 is 0 Å². The first kappa shape index (κ1) is 29.5. The SMILES string of the molecule is O.O.O.O=C(O)CN(CCO)CC(=O)O.[Ni]. The molecule has 9 nitrogen and oxygen atoms in total. The first-order valence-corrected chi connectivity index (χ1v) is 3.33. The van der Waals surface area contributed by atoms with Crippen molar-refractivity contribution in [2.75, 3.05) is 26.2 Å². The summed E-state index contributed by atoms with van der Waals surface area (Å²) >= 11 is 0. The molecule has 0 heterocycles. The van der Waals surface area contributed by atoms with E-state index in [-0.39, 0.29) is 59.2 Å². The number of carbonyl (C=O) groups is 2. The van der Waals surface area contributed by atoms with Crippen molar-refractivity contribution in [2.45, 2.75) is 0 Å². The van der Waals surface area contributed by atoms with E-state index in [9.17, 15) is 9.59 Å². The van der Waals surface area contributed by atoms with Crippen molar-refractivity contribution in [2.24, 2.45) is 0 Å². The Morgan fingerprint density at radius 2 is 1.25 bits per heavy atom. The summed E-state index contributed by atoms with van der Waals surface area (Å²) in [4.78, 5) is 21.4. The molecule has 10 heteroatoms. The third-order valence-electron chi connectivity index (χ3n) is 1.13. The Hall–Kier alpha value is -0.766. The van der Waals surface area contributed by atoms with Gasteiger partial charge in [-0.2, -0.15) is 0 Å². The van der Waals surface area contributed by atoms with Crippen LogP contribution in [0.15, 0.2) is 0 Å². The monoisotopic (exact) mass is 289 g/mol. The Labute approximate surface area is 102 Å².